The second-order valence-corrected chi connectivity index (χ2v) is 4.75. The molecule has 0 radical (unpaired) electrons. The maximum absolute atomic E-state index is 13.8. The standard InChI is InChI=1S/C16H19FN2O2/c1-10-4-5-11(8-15(10)17)16(19-18)12-6-13(20-2)9-14(7-12)21-3/h4-9,16,19H,18H2,1-3H3. The molecule has 0 aromatic heterocycles. The van der Waals surface area contributed by atoms with Gasteiger partial charge in [0.1, 0.15) is 17.3 Å². The fraction of sp³-hybridized carbons (Fsp3) is 0.250. The van der Waals surface area contributed by atoms with Crippen LogP contribution in [0.2, 0.25) is 0 Å². The maximum atomic E-state index is 13.8. The predicted molar refractivity (Wildman–Crippen MR) is 79.8 cm³/mol. The van der Waals surface area contributed by atoms with Crippen molar-refractivity contribution < 1.29 is 13.9 Å². The number of ether oxygens (including phenoxy) is 2. The van der Waals surface area contributed by atoms with Crippen molar-refractivity contribution in [3.05, 3.63) is 58.9 Å². The van der Waals surface area contributed by atoms with E-state index < -0.39 is 0 Å². The zero-order valence-corrected chi connectivity index (χ0v) is 12.3. The van der Waals surface area contributed by atoms with Crippen molar-refractivity contribution in [3.8, 4) is 11.5 Å². The topological polar surface area (TPSA) is 56.5 Å². The van der Waals surface area contributed by atoms with Gasteiger partial charge in [-0.05, 0) is 41.8 Å². The summed E-state index contributed by atoms with van der Waals surface area (Å²) in [6.07, 6.45) is 0. The molecule has 3 N–H and O–H groups in total. The van der Waals surface area contributed by atoms with E-state index in [9.17, 15) is 4.39 Å². The van der Waals surface area contributed by atoms with Gasteiger partial charge in [-0.3, -0.25) is 5.84 Å². The molecule has 0 saturated heterocycles. The lowest BCUT2D eigenvalue weighted by Gasteiger charge is -2.19. The van der Waals surface area contributed by atoms with Crippen LogP contribution in [0.3, 0.4) is 0 Å². The Morgan fingerprint density at radius 3 is 2.10 bits per heavy atom. The van der Waals surface area contributed by atoms with Crippen LogP contribution in [-0.2, 0) is 0 Å². The first-order valence-electron chi connectivity index (χ1n) is 6.54. The van der Waals surface area contributed by atoms with E-state index in [1.54, 1.807) is 33.3 Å². The molecule has 0 fully saturated rings. The number of halogens is 1. The highest BCUT2D eigenvalue weighted by molar-refractivity contribution is 5.43. The first-order chi connectivity index (χ1) is 10.1. The fourth-order valence-electron chi connectivity index (χ4n) is 2.17. The molecule has 0 heterocycles. The van der Waals surface area contributed by atoms with Gasteiger partial charge in [-0.25, -0.2) is 9.82 Å². The number of hydrogen-bond donors (Lipinski definition) is 2. The Morgan fingerprint density at radius 2 is 1.62 bits per heavy atom. The Hall–Kier alpha value is -2.11. The fourth-order valence-corrected chi connectivity index (χ4v) is 2.17. The number of nitrogens with one attached hydrogen (secondary N) is 1. The molecule has 0 aliphatic carbocycles. The summed E-state index contributed by atoms with van der Waals surface area (Å²) in [6.45, 7) is 1.72. The molecule has 0 spiro atoms. The van der Waals surface area contributed by atoms with Crippen LogP contribution in [-0.4, -0.2) is 14.2 Å². The molecule has 4 nitrogen and oxygen atoms in total. The summed E-state index contributed by atoms with van der Waals surface area (Å²) >= 11 is 0. The van der Waals surface area contributed by atoms with Gasteiger partial charge in [-0.15, -0.1) is 0 Å². The summed E-state index contributed by atoms with van der Waals surface area (Å²) in [6, 6.07) is 10.1. The Labute approximate surface area is 123 Å². The molecule has 0 bridgehead atoms. The molecule has 5 heteroatoms. The van der Waals surface area contributed by atoms with Crippen molar-refractivity contribution in [3.63, 3.8) is 0 Å². The monoisotopic (exact) mass is 290 g/mol. The molecule has 0 aliphatic rings. The number of methoxy groups -OCH3 is 2. The van der Waals surface area contributed by atoms with Crippen LogP contribution in [0.15, 0.2) is 36.4 Å². The molecule has 112 valence electrons. The lowest BCUT2D eigenvalue weighted by Crippen LogP contribution is -2.29. The van der Waals surface area contributed by atoms with Crippen LogP contribution >= 0.6 is 0 Å². The first-order valence-corrected chi connectivity index (χ1v) is 6.54. The van der Waals surface area contributed by atoms with Gasteiger partial charge in [0.05, 0.1) is 20.3 Å². The molecule has 0 amide bonds. The van der Waals surface area contributed by atoms with E-state index in [0.717, 1.165) is 11.1 Å². The molecular weight excluding hydrogens is 271 g/mol. The number of nitrogens with two attached hydrogens (primary N) is 1. The van der Waals surface area contributed by atoms with Crippen molar-refractivity contribution in [2.24, 2.45) is 5.84 Å². The lowest BCUT2D eigenvalue weighted by molar-refractivity contribution is 0.392. The normalized spacial score (nSPS) is 12.0. The second-order valence-electron chi connectivity index (χ2n) is 4.75. The van der Waals surface area contributed by atoms with Crippen molar-refractivity contribution in [1.29, 1.82) is 0 Å². The zero-order chi connectivity index (χ0) is 15.4. The minimum absolute atomic E-state index is 0.261. The number of hydrogen-bond acceptors (Lipinski definition) is 4. The van der Waals surface area contributed by atoms with Gasteiger partial charge >= 0.3 is 0 Å². The van der Waals surface area contributed by atoms with Gasteiger partial charge in [0, 0.05) is 6.07 Å². The predicted octanol–water partition coefficient (Wildman–Crippen LogP) is 2.70. The smallest absolute Gasteiger partial charge is 0.126 e. The maximum Gasteiger partial charge on any atom is 0.126 e. The van der Waals surface area contributed by atoms with E-state index in [0.29, 0.717) is 17.1 Å². The molecule has 2 aromatic carbocycles. The van der Waals surface area contributed by atoms with Crippen molar-refractivity contribution in [2.45, 2.75) is 13.0 Å². The Morgan fingerprint density at radius 1 is 1.00 bits per heavy atom. The Balaban J connectivity index is 2.47. The molecule has 0 aliphatic heterocycles. The van der Waals surface area contributed by atoms with Crippen LogP contribution in [0.5, 0.6) is 11.5 Å². The minimum atomic E-state index is -0.357. The summed E-state index contributed by atoms with van der Waals surface area (Å²) in [7, 11) is 3.16. The van der Waals surface area contributed by atoms with Crippen molar-refractivity contribution in [1.82, 2.24) is 5.43 Å². The Bertz CT molecular complexity index is 609. The quantitative estimate of drug-likeness (QED) is 0.656. The lowest BCUT2D eigenvalue weighted by atomic mass is 9.97. The van der Waals surface area contributed by atoms with Crippen LogP contribution in [0.25, 0.3) is 0 Å². The third-order valence-electron chi connectivity index (χ3n) is 3.40. The molecule has 1 atom stereocenters. The number of benzene rings is 2. The van der Waals surface area contributed by atoms with Crippen molar-refractivity contribution >= 4 is 0 Å². The van der Waals surface area contributed by atoms with E-state index in [1.165, 1.54) is 6.07 Å². The summed E-state index contributed by atoms with van der Waals surface area (Å²) in [5.41, 5.74) is 4.86. The average molecular weight is 290 g/mol. The molecule has 21 heavy (non-hydrogen) atoms. The Kier molecular flexibility index (Phi) is 4.77. The van der Waals surface area contributed by atoms with Gasteiger partial charge in [-0.2, -0.15) is 0 Å². The highest BCUT2D eigenvalue weighted by Gasteiger charge is 2.16. The van der Waals surface area contributed by atoms with Crippen molar-refractivity contribution in [2.75, 3.05) is 14.2 Å². The van der Waals surface area contributed by atoms with Gasteiger partial charge in [-0.1, -0.05) is 12.1 Å². The second kappa shape index (κ2) is 6.56. The molecule has 1 unspecified atom stereocenters. The molecular formula is C16H19FN2O2. The van der Waals surface area contributed by atoms with Gasteiger partial charge in [0.25, 0.3) is 0 Å². The highest BCUT2D eigenvalue weighted by atomic mass is 19.1. The van der Waals surface area contributed by atoms with E-state index in [2.05, 4.69) is 5.43 Å². The molecule has 2 rings (SSSR count). The molecule has 2 aromatic rings. The van der Waals surface area contributed by atoms with Crippen LogP contribution in [0, 0.1) is 12.7 Å². The summed E-state index contributed by atoms with van der Waals surface area (Å²) in [5, 5.41) is 0. The van der Waals surface area contributed by atoms with Gasteiger partial charge in [0.15, 0.2) is 0 Å². The average Bonchev–Trinajstić information content (AvgIpc) is 2.51. The van der Waals surface area contributed by atoms with Crippen LogP contribution in [0.4, 0.5) is 4.39 Å². The van der Waals surface area contributed by atoms with Crippen LogP contribution < -0.4 is 20.7 Å². The largest absolute Gasteiger partial charge is 0.497 e. The third-order valence-corrected chi connectivity index (χ3v) is 3.40. The van der Waals surface area contributed by atoms with E-state index in [-0.39, 0.29) is 11.9 Å². The molecule has 0 saturated carbocycles. The number of aryl methyl sites for hydroxylation is 1. The number of rotatable bonds is 5. The van der Waals surface area contributed by atoms with E-state index in [4.69, 9.17) is 15.3 Å². The minimum Gasteiger partial charge on any atom is -0.497 e. The van der Waals surface area contributed by atoms with E-state index >= 15 is 0 Å². The van der Waals surface area contributed by atoms with E-state index in [1.807, 2.05) is 18.2 Å². The summed E-state index contributed by atoms with van der Waals surface area (Å²) in [5.74, 6) is 6.69. The summed E-state index contributed by atoms with van der Waals surface area (Å²) < 4.78 is 24.3. The van der Waals surface area contributed by atoms with Gasteiger partial charge < -0.3 is 9.47 Å². The first kappa shape index (κ1) is 15.3. The summed E-state index contributed by atoms with van der Waals surface area (Å²) in [4.78, 5) is 0. The SMILES string of the molecule is COc1cc(OC)cc(C(NN)c2ccc(C)c(F)c2)c1. The highest BCUT2D eigenvalue weighted by Crippen LogP contribution is 2.30. The number of hydrazine groups is 1. The van der Waals surface area contributed by atoms with Crippen LogP contribution in [0.1, 0.15) is 22.7 Å². The van der Waals surface area contributed by atoms with Gasteiger partial charge in [0.2, 0.25) is 0 Å². The zero-order valence-electron chi connectivity index (χ0n) is 12.3. The third kappa shape index (κ3) is 3.32.